The first-order valence-corrected chi connectivity index (χ1v) is 11.1. The second kappa shape index (κ2) is 8.47. The molecule has 0 N–H and O–H groups in total. The molecule has 0 saturated carbocycles. The van der Waals surface area contributed by atoms with Crippen LogP contribution in [0.1, 0.15) is 69.8 Å². The molecule has 1 aliphatic rings. The minimum absolute atomic E-state index is 0.409. The molecule has 0 amide bonds. The number of aromatic nitrogens is 2. The van der Waals surface area contributed by atoms with Crippen LogP contribution in [0, 0.1) is 5.92 Å². The Labute approximate surface area is 181 Å². The van der Waals surface area contributed by atoms with Crippen LogP contribution in [0.4, 0.5) is 0 Å². The quantitative estimate of drug-likeness (QED) is 0.431. The molecule has 0 saturated heterocycles. The predicted molar refractivity (Wildman–Crippen MR) is 128 cm³/mol. The molecule has 0 aliphatic heterocycles. The van der Waals surface area contributed by atoms with Gasteiger partial charge in [0.05, 0.1) is 5.69 Å². The van der Waals surface area contributed by atoms with E-state index in [-0.39, 0.29) is 0 Å². The van der Waals surface area contributed by atoms with Crippen molar-refractivity contribution >= 4 is 5.57 Å². The summed E-state index contributed by atoms with van der Waals surface area (Å²) in [5, 5.41) is 0. The van der Waals surface area contributed by atoms with Gasteiger partial charge >= 0.3 is 0 Å². The smallest absolute Gasteiger partial charge is 0.144 e. The van der Waals surface area contributed by atoms with Crippen molar-refractivity contribution in [2.45, 2.75) is 52.9 Å². The summed E-state index contributed by atoms with van der Waals surface area (Å²) in [7, 11) is 0. The summed E-state index contributed by atoms with van der Waals surface area (Å²) in [5.41, 5.74) is 7.81. The highest BCUT2D eigenvalue weighted by molar-refractivity contribution is 5.74. The maximum atomic E-state index is 4.78. The van der Waals surface area contributed by atoms with Crippen LogP contribution in [-0.4, -0.2) is 9.55 Å². The molecule has 2 heteroatoms. The lowest BCUT2D eigenvalue weighted by Gasteiger charge is -2.24. The molecule has 1 heterocycles. The van der Waals surface area contributed by atoms with E-state index in [0.717, 1.165) is 12.2 Å². The van der Waals surface area contributed by atoms with Crippen LogP contribution in [0.2, 0.25) is 0 Å². The molecule has 154 valence electrons. The molecule has 0 spiro atoms. The molecule has 2 aromatic carbocycles. The van der Waals surface area contributed by atoms with Gasteiger partial charge in [0, 0.05) is 18.0 Å². The standard InChI is InChI=1S/C28H32N2/c1-19(2)25-17-24(22-11-7-6-8-12-22)18-26(20(3)4)27(25)30-15-14-29-28(30)23-13-9-10-21(5)16-23/h6-9,11-21H,10H2,1-5H3. The van der Waals surface area contributed by atoms with Gasteiger partial charge in [0.15, 0.2) is 0 Å². The van der Waals surface area contributed by atoms with Crippen LogP contribution in [0.15, 0.2) is 73.1 Å². The topological polar surface area (TPSA) is 17.8 Å². The Morgan fingerprint density at radius 2 is 1.60 bits per heavy atom. The third-order valence-corrected chi connectivity index (χ3v) is 5.93. The van der Waals surface area contributed by atoms with Crippen LogP contribution in [0.5, 0.6) is 0 Å². The monoisotopic (exact) mass is 396 g/mol. The summed E-state index contributed by atoms with van der Waals surface area (Å²) in [6, 6.07) is 15.5. The van der Waals surface area contributed by atoms with Gasteiger partial charge in [0.25, 0.3) is 0 Å². The van der Waals surface area contributed by atoms with Crippen molar-refractivity contribution in [1.82, 2.24) is 9.55 Å². The molecule has 1 unspecified atom stereocenters. The fourth-order valence-electron chi connectivity index (χ4n) is 4.32. The van der Waals surface area contributed by atoms with Crippen molar-refractivity contribution < 1.29 is 0 Å². The zero-order valence-electron chi connectivity index (χ0n) is 18.8. The Hall–Kier alpha value is -2.87. The van der Waals surface area contributed by atoms with E-state index in [1.165, 1.54) is 33.5 Å². The minimum Gasteiger partial charge on any atom is -0.299 e. The van der Waals surface area contributed by atoms with Crippen molar-refractivity contribution in [3.8, 4) is 16.8 Å². The average Bonchev–Trinajstić information content (AvgIpc) is 3.23. The van der Waals surface area contributed by atoms with Gasteiger partial charge in [-0.25, -0.2) is 4.98 Å². The number of hydrogen-bond donors (Lipinski definition) is 0. The van der Waals surface area contributed by atoms with Crippen LogP contribution >= 0.6 is 0 Å². The third kappa shape index (κ3) is 3.92. The summed E-state index contributed by atoms with van der Waals surface area (Å²) < 4.78 is 2.31. The van der Waals surface area contributed by atoms with Gasteiger partial charge < -0.3 is 0 Å². The first kappa shape index (κ1) is 20.4. The van der Waals surface area contributed by atoms with Gasteiger partial charge in [-0.05, 0) is 58.6 Å². The predicted octanol–water partition coefficient (Wildman–Crippen LogP) is 7.77. The number of rotatable bonds is 5. The Bertz CT molecular complexity index is 1050. The maximum absolute atomic E-state index is 4.78. The van der Waals surface area contributed by atoms with Crippen LogP contribution in [0.25, 0.3) is 22.4 Å². The molecule has 2 nitrogen and oxygen atoms in total. The van der Waals surface area contributed by atoms with Crippen molar-refractivity contribution in [3.63, 3.8) is 0 Å². The van der Waals surface area contributed by atoms with Gasteiger partial charge in [-0.3, -0.25) is 4.57 Å². The number of allylic oxidation sites excluding steroid dienone is 4. The lowest BCUT2D eigenvalue weighted by molar-refractivity contribution is 0.737. The summed E-state index contributed by atoms with van der Waals surface area (Å²) in [4.78, 5) is 4.78. The summed E-state index contributed by atoms with van der Waals surface area (Å²) in [5.74, 6) is 2.40. The van der Waals surface area contributed by atoms with Crippen LogP contribution in [-0.2, 0) is 0 Å². The fourth-order valence-corrected chi connectivity index (χ4v) is 4.32. The van der Waals surface area contributed by atoms with Gasteiger partial charge in [0.2, 0.25) is 0 Å². The number of benzene rings is 2. The van der Waals surface area contributed by atoms with Crippen LogP contribution in [0.3, 0.4) is 0 Å². The zero-order valence-corrected chi connectivity index (χ0v) is 18.8. The maximum Gasteiger partial charge on any atom is 0.144 e. The molecule has 1 atom stereocenters. The van der Waals surface area contributed by atoms with E-state index < -0.39 is 0 Å². The van der Waals surface area contributed by atoms with E-state index in [1.54, 1.807) is 0 Å². The van der Waals surface area contributed by atoms with E-state index >= 15 is 0 Å². The van der Waals surface area contributed by atoms with E-state index in [2.05, 4.69) is 106 Å². The molecular weight excluding hydrogens is 364 g/mol. The number of nitrogens with zero attached hydrogens (tertiary/aromatic N) is 2. The highest BCUT2D eigenvalue weighted by Crippen LogP contribution is 2.37. The molecule has 1 aliphatic carbocycles. The number of imidazole rings is 1. The molecule has 0 fully saturated rings. The first-order chi connectivity index (χ1) is 14.5. The molecule has 4 rings (SSSR count). The van der Waals surface area contributed by atoms with Gasteiger partial charge in [0.1, 0.15) is 5.82 Å². The third-order valence-electron chi connectivity index (χ3n) is 5.93. The summed E-state index contributed by atoms with van der Waals surface area (Å²) >= 11 is 0. The minimum atomic E-state index is 0.409. The molecule has 0 radical (unpaired) electrons. The second-order valence-electron chi connectivity index (χ2n) is 9.04. The van der Waals surface area contributed by atoms with Crippen molar-refractivity contribution in [1.29, 1.82) is 0 Å². The van der Waals surface area contributed by atoms with E-state index in [4.69, 9.17) is 4.98 Å². The zero-order chi connectivity index (χ0) is 21.3. The number of hydrogen-bond acceptors (Lipinski definition) is 1. The van der Waals surface area contributed by atoms with E-state index in [0.29, 0.717) is 17.8 Å². The average molecular weight is 397 g/mol. The van der Waals surface area contributed by atoms with Crippen LogP contribution < -0.4 is 0 Å². The van der Waals surface area contributed by atoms with Gasteiger partial charge in [-0.2, -0.15) is 0 Å². The fraction of sp³-hybridized carbons (Fsp3) is 0.321. The van der Waals surface area contributed by atoms with Crippen molar-refractivity contribution in [2.24, 2.45) is 5.92 Å². The summed E-state index contributed by atoms with van der Waals surface area (Å²) in [6.07, 6.45) is 12.0. The molecule has 3 aromatic rings. The normalized spacial score (nSPS) is 16.4. The van der Waals surface area contributed by atoms with Crippen molar-refractivity contribution in [2.75, 3.05) is 0 Å². The Morgan fingerprint density at radius 3 is 2.20 bits per heavy atom. The van der Waals surface area contributed by atoms with Gasteiger partial charge in [-0.1, -0.05) is 83.2 Å². The molecule has 30 heavy (non-hydrogen) atoms. The second-order valence-corrected chi connectivity index (χ2v) is 9.04. The Morgan fingerprint density at radius 1 is 0.933 bits per heavy atom. The molecular formula is C28H32N2. The Kier molecular flexibility index (Phi) is 5.76. The largest absolute Gasteiger partial charge is 0.299 e. The first-order valence-electron chi connectivity index (χ1n) is 11.1. The van der Waals surface area contributed by atoms with Gasteiger partial charge in [-0.15, -0.1) is 0 Å². The lowest BCUT2D eigenvalue weighted by atomic mass is 9.88. The highest BCUT2D eigenvalue weighted by atomic mass is 15.1. The van der Waals surface area contributed by atoms with Crippen molar-refractivity contribution in [3.05, 3.63) is 90.0 Å². The van der Waals surface area contributed by atoms with E-state index in [9.17, 15) is 0 Å². The lowest BCUT2D eigenvalue weighted by Crippen LogP contribution is -2.10. The SMILES string of the molecule is CC1C=C(c2nccn2-c2c(C(C)C)cc(-c3ccccc3)cc2C(C)C)C=CC1. The van der Waals surface area contributed by atoms with E-state index in [1.807, 2.05) is 6.20 Å². The summed E-state index contributed by atoms with van der Waals surface area (Å²) in [6.45, 7) is 11.4. The molecule has 1 aromatic heterocycles. The highest BCUT2D eigenvalue weighted by Gasteiger charge is 2.21. The molecule has 0 bridgehead atoms. The Balaban J connectivity index is 1.95.